The van der Waals surface area contributed by atoms with Crippen molar-refractivity contribution in [3.05, 3.63) is 66.2 Å². The van der Waals surface area contributed by atoms with Gasteiger partial charge < -0.3 is 14.4 Å². The van der Waals surface area contributed by atoms with Crippen LogP contribution in [-0.2, 0) is 14.3 Å². The van der Waals surface area contributed by atoms with E-state index in [4.69, 9.17) is 9.47 Å². The molecule has 140 valence electrons. The second kappa shape index (κ2) is 9.28. The third kappa shape index (κ3) is 5.37. The molecule has 2 aromatic rings. The molecule has 1 heterocycles. The molecule has 1 saturated heterocycles. The van der Waals surface area contributed by atoms with E-state index in [1.165, 1.54) is 24.9 Å². The minimum absolute atomic E-state index is 0.112. The van der Waals surface area contributed by atoms with Crippen LogP contribution in [0.2, 0.25) is 0 Å². The first-order valence-corrected chi connectivity index (χ1v) is 9.70. The lowest BCUT2D eigenvalue weighted by atomic mass is 10.2. The summed E-state index contributed by atoms with van der Waals surface area (Å²) in [6.45, 7) is 0.996. The van der Waals surface area contributed by atoms with Crippen LogP contribution in [0.5, 0.6) is 11.5 Å². The van der Waals surface area contributed by atoms with Gasteiger partial charge >= 0.3 is 5.97 Å². The van der Waals surface area contributed by atoms with Crippen molar-refractivity contribution in [3.63, 3.8) is 0 Å². The molecule has 0 N–H and O–H groups in total. The number of amides is 1. The summed E-state index contributed by atoms with van der Waals surface area (Å²) in [6.07, 6.45) is 3.29. The van der Waals surface area contributed by atoms with Crippen molar-refractivity contribution < 1.29 is 19.1 Å². The zero-order valence-electron chi connectivity index (χ0n) is 15.0. The van der Waals surface area contributed by atoms with E-state index < -0.39 is 0 Å². The zero-order chi connectivity index (χ0) is 19.1. The Morgan fingerprint density at radius 1 is 1.11 bits per heavy atom. The summed E-state index contributed by atoms with van der Waals surface area (Å²) in [5.41, 5.74) is 0.868. The number of benzene rings is 2. The molecule has 0 saturated carbocycles. The summed E-state index contributed by atoms with van der Waals surface area (Å²) >= 11 is 1.53. The van der Waals surface area contributed by atoms with Gasteiger partial charge in [-0.15, -0.1) is 11.8 Å². The summed E-state index contributed by atoms with van der Waals surface area (Å²) in [6, 6.07) is 17.1. The largest absolute Gasteiger partial charge is 0.468 e. The lowest BCUT2D eigenvalue weighted by Gasteiger charge is -2.30. The number of carbonyl (C=O) groups is 2. The van der Waals surface area contributed by atoms with Crippen LogP contribution in [0.1, 0.15) is 5.56 Å². The molecule has 0 unspecified atom stereocenters. The number of carbonyl (C=O) groups excluding carboxylic acids is 2. The van der Waals surface area contributed by atoms with Crippen molar-refractivity contribution in [2.75, 3.05) is 26.0 Å². The Balaban J connectivity index is 1.62. The second-order valence-corrected chi connectivity index (χ2v) is 7.30. The van der Waals surface area contributed by atoms with Crippen LogP contribution in [-0.4, -0.2) is 48.0 Å². The van der Waals surface area contributed by atoms with Gasteiger partial charge in [0.2, 0.25) is 5.91 Å². The molecule has 1 amide bonds. The van der Waals surface area contributed by atoms with Crippen LogP contribution in [0.4, 0.5) is 0 Å². The first-order valence-electron chi connectivity index (χ1n) is 8.65. The first-order chi connectivity index (χ1) is 13.2. The maximum Gasteiger partial charge on any atom is 0.320 e. The third-order valence-corrected chi connectivity index (χ3v) is 5.26. The minimum Gasteiger partial charge on any atom is -0.468 e. The third-order valence-electron chi connectivity index (χ3n) is 4.10. The summed E-state index contributed by atoms with van der Waals surface area (Å²) < 4.78 is 10.6. The average molecular weight is 383 g/mol. The van der Waals surface area contributed by atoms with E-state index in [-0.39, 0.29) is 17.1 Å². The van der Waals surface area contributed by atoms with E-state index in [9.17, 15) is 9.59 Å². The van der Waals surface area contributed by atoms with Crippen LogP contribution >= 0.6 is 11.8 Å². The number of ether oxygens (including phenoxy) is 2. The number of rotatable bonds is 5. The van der Waals surface area contributed by atoms with Gasteiger partial charge in [-0.3, -0.25) is 9.59 Å². The molecule has 27 heavy (non-hydrogen) atoms. The molecule has 2 aromatic carbocycles. The highest BCUT2D eigenvalue weighted by Gasteiger charge is 2.28. The Hall–Kier alpha value is -2.73. The van der Waals surface area contributed by atoms with Crippen LogP contribution < -0.4 is 4.74 Å². The smallest absolute Gasteiger partial charge is 0.320 e. The highest BCUT2D eigenvalue weighted by Crippen LogP contribution is 2.23. The topological polar surface area (TPSA) is 55.8 Å². The molecule has 0 aliphatic carbocycles. The quantitative estimate of drug-likeness (QED) is 0.583. The molecule has 0 radical (unpaired) electrons. The molecule has 0 aromatic heterocycles. The SMILES string of the molecule is COC(=O)[C@H]1CN(C(=O)/C=C/c2cccc(Oc3ccccc3)c2)CCS1. The van der Waals surface area contributed by atoms with Crippen LogP contribution in [0, 0.1) is 0 Å². The van der Waals surface area contributed by atoms with Crippen molar-refractivity contribution in [3.8, 4) is 11.5 Å². The van der Waals surface area contributed by atoms with Crippen LogP contribution in [0.15, 0.2) is 60.7 Å². The Labute approximate surface area is 163 Å². The fourth-order valence-corrected chi connectivity index (χ4v) is 3.83. The molecule has 5 nitrogen and oxygen atoms in total. The van der Waals surface area contributed by atoms with Crippen LogP contribution in [0.25, 0.3) is 6.08 Å². The van der Waals surface area contributed by atoms with Crippen LogP contribution in [0.3, 0.4) is 0 Å². The summed E-state index contributed by atoms with van der Waals surface area (Å²) in [7, 11) is 1.37. The number of hydrogen-bond donors (Lipinski definition) is 0. The summed E-state index contributed by atoms with van der Waals surface area (Å²) in [4.78, 5) is 25.8. The number of thioether (sulfide) groups is 1. The Morgan fingerprint density at radius 3 is 2.67 bits per heavy atom. The van der Waals surface area contributed by atoms with Gasteiger partial charge in [0, 0.05) is 24.9 Å². The van der Waals surface area contributed by atoms with Crippen molar-refractivity contribution in [1.82, 2.24) is 4.90 Å². The maximum atomic E-state index is 12.5. The lowest BCUT2D eigenvalue weighted by Crippen LogP contribution is -2.44. The van der Waals surface area contributed by atoms with E-state index in [2.05, 4.69) is 0 Å². The predicted molar refractivity (Wildman–Crippen MR) is 107 cm³/mol. The van der Waals surface area contributed by atoms with Crippen molar-refractivity contribution in [1.29, 1.82) is 0 Å². The first kappa shape index (κ1) is 19.0. The van der Waals surface area contributed by atoms with Crippen molar-refractivity contribution in [2.45, 2.75) is 5.25 Å². The second-order valence-electron chi connectivity index (χ2n) is 5.99. The van der Waals surface area contributed by atoms with E-state index in [0.717, 1.165) is 17.1 Å². The molecule has 1 aliphatic rings. The summed E-state index contributed by atoms with van der Waals surface area (Å²) in [5, 5.41) is -0.316. The highest BCUT2D eigenvalue weighted by atomic mass is 32.2. The lowest BCUT2D eigenvalue weighted by molar-refractivity contribution is -0.140. The zero-order valence-corrected chi connectivity index (χ0v) is 15.9. The van der Waals surface area contributed by atoms with E-state index in [0.29, 0.717) is 18.8 Å². The predicted octanol–water partition coefficient (Wildman–Crippen LogP) is 3.61. The van der Waals surface area contributed by atoms with Gasteiger partial charge in [0.1, 0.15) is 16.7 Å². The molecule has 0 bridgehead atoms. The number of nitrogens with zero attached hydrogens (tertiary/aromatic N) is 1. The Morgan fingerprint density at radius 2 is 1.89 bits per heavy atom. The molecular weight excluding hydrogens is 362 g/mol. The van der Waals surface area contributed by atoms with E-state index in [1.807, 2.05) is 54.6 Å². The average Bonchev–Trinajstić information content (AvgIpc) is 2.72. The van der Waals surface area contributed by atoms with Gasteiger partial charge in [0.25, 0.3) is 0 Å². The number of hydrogen-bond acceptors (Lipinski definition) is 5. The number of methoxy groups -OCH3 is 1. The highest BCUT2D eigenvalue weighted by molar-refractivity contribution is 8.00. The fraction of sp³-hybridized carbons (Fsp3) is 0.238. The molecule has 6 heteroatoms. The van der Waals surface area contributed by atoms with Gasteiger partial charge in [-0.25, -0.2) is 0 Å². The molecule has 1 aliphatic heterocycles. The van der Waals surface area contributed by atoms with Gasteiger partial charge in [0.05, 0.1) is 7.11 Å². The molecule has 0 spiro atoms. The molecule has 1 fully saturated rings. The van der Waals surface area contributed by atoms with Gasteiger partial charge in [0.15, 0.2) is 0 Å². The van der Waals surface area contributed by atoms with E-state index >= 15 is 0 Å². The summed E-state index contributed by atoms with van der Waals surface area (Å²) in [5.74, 6) is 1.79. The number of esters is 1. The number of para-hydroxylation sites is 1. The van der Waals surface area contributed by atoms with Gasteiger partial charge in [-0.1, -0.05) is 30.3 Å². The van der Waals surface area contributed by atoms with E-state index in [1.54, 1.807) is 11.0 Å². The normalized spacial score (nSPS) is 16.9. The van der Waals surface area contributed by atoms with Crippen molar-refractivity contribution in [2.24, 2.45) is 0 Å². The standard InChI is InChI=1S/C21H21NO4S/c1-25-21(24)19-15-22(12-13-27-19)20(23)11-10-16-6-5-9-18(14-16)26-17-7-3-2-4-8-17/h2-11,14,19H,12-13,15H2,1H3/b11-10+/t19-/m1/s1. The minimum atomic E-state index is -0.316. The van der Waals surface area contributed by atoms with Gasteiger partial charge in [-0.2, -0.15) is 0 Å². The molecule has 1 atom stereocenters. The maximum absolute atomic E-state index is 12.5. The monoisotopic (exact) mass is 383 g/mol. The Kier molecular flexibility index (Phi) is 6.54. The van der Waals surface area contributed by atoms with Gasteiger partial charge in [-0.05, 0) is 35.9 Å². The van der Waals surface area contributed by atoms with Crippen molar-refractivity contribution >= 4 is 29.7 Å². The fourth-order valence-electron chi connectivity index (χ4n) is 2.70. The molecular formula is C21H21NO4S. The molecule has 3 rings (SSSR count). The Bertz CT molecular complexity index is 822.